The lowest BCUT2D eigenvalue weighted by Gasteiger charge is -2.43. The molecule has 0 spiro atoms. The summed E-state index contributed by atoms with van der Waals surface area (Å²) in [6, 6.07) is 12.0. The fourth-order valence-corrected chi connectivity index (χ4v) is 5.47. The first kappa shape index (κ1) is 22.1. The first-order valence-corrected chi connectivity index (χ1v) is 11.6. The monoisotopic (exact) mass is 448 g/mol. The molecule has 3 aromatic rings. The number of rotatable bonds is 5. The Kier molecular flexibility index (Phi) is 6.37. The van der Waals surface area contributed by atoms with Gasteiger partial charge in [0.2, 0.25) is 5.91 Å². The van der Waals surface area contributed by atoms with Gasteiger partial charge in [-0.25, -0.2) is 9.97 Å². The van der Waals surface area contributed by atoms with Crippen LogP contribution in [0.25, 0.3) is 11.1 Å². The summed E-state index contributed by atoms with van der Waals surface area (Å²) in [6.07, 6.45) is 7.20. The summed E-state index contributed by atoms with van der Waals surface area (Å²) in [6.45, 7) is 3.09. The maximum atomic E-state index is 13.5. The molecular weight excluding hydrogens is 420 g/mol. The van der Waals surface area contributed by atoms with Gasteiger partial charge in [0.25, 0.3) is 5.91 Å². The molecule has 0 saturated carbocycles. The van der Waals surface area contributed by atoms with E-state index in [0.29, 0.717) is 19.5 Å². The predicted molar refractivity (Wildman–Crippen MR) is 126 cm³/mol. The van der Waals surface area contributed by atoms with Gasteiger partial charge in [0.1, 0.15) is 6.33 Å². The van der Waals surface area contributed by atoms with Crippen molar-refractivity contribution in [3.63, 3.8) is 0 Å². The Morgan fingerprint density at radius 3 is 2.56 bits per heavy atom. The van der Waals surface area contributed by atoms with E-state index in [1.54, 1.807) is 31.4 Å². The van der Waals surface area contributed by atoms with Crippen LogP contribution in [0.4, 0.5) is 0 Å². The number of carbonyl (C=O) groups excluding carboxylic acids is 2. The minimum absolute atomic E-state index is 0.0171. The van der Waals surface area contributed by atoms with E-state index in [9.17, 15) is 9.59 Å². The van der Waals surface area contributed by atoms with Crippen LogP contribution in [0.2, 0.25) is 0 Å². The van der Waals surface area contributed by atoms with Crippen LogP contribution in [-0.2, 0) is 11.2 Å². The third-order valence-electron chi connectivity index (χ3n) is 6.09. The van der Waals surface area contributed by atoms with Gasteiger partial charge in [-0.2, -0.15) is 0 Å². The number of hydrogen-bond acceptors (Lipinski definition) is 5. The molecule has 6 nitrogen and oxygen atoms in total. The molecule has 1 fully saturated rings. The topological polar surface area (TPSA) is 66.4 Å². The molecule has 0 N–H and O–H groups in total. The highest BCUT2D eigenvalue weighted by atomic mass is 32.1. The van der Waals surface area contributed by atoms with Gasteiger partial charge in [-0.05, 0) is 49.4 Å². The fraction of sp³-hybridized carbons (Fsp3) is 0.360. The van der Waals surface area contributed by atoms with Gasteiger partial charge in [0, 0.05) is 50.0 Å². The Morgan fingerprint density at radius 2 is 1.88 bits per heavy atom. The molecule has 3 heterocycles. The molecule has 1 saturated heterocycles. The zero-order valence-electron chi connectivity index (χ0n) is 18.7. The van der Waals surface area contributed by atoms with Crippen LogP contribution in [0.15, 0.2) is 55.1 Å². The number of hydrogen-bond donors (Lipinski definition) is 0. The van der Waals surface area contributed by atoms with Crippen molar-refractivity contribution in [2.24, 2.45) is 5.41 Å². The number of amides is 2. The SMILES string of the molecule is Cc1ccc(C(=O)N2CCC[C@](Cc3ccccc3-c3cncnc3)(C(=O)N(C)C)C2)s1. The minimum Gasteiger partial charge on any atom is -0.348 e. The van der Waals surface area contributed by atoms with Crippen molar-refractivity contribution in [2.75, 3.05) is 27.2 Å². The second kappa shape index (κ2) is 9.20. The van der Waals surface area contributed by atoms with Crippen LogP contribution in [-0.4, -0.2) is 58.8 Å². The highest BCUT2D eigenvalue weighted by Crippen LogP contribution is 2.38. The molecule has 1 aliphatic heterocycles. The van der Waals surface area contributed by atoms with Crippen molar-refractivity contribution >= 4 is 23.2 Å². The number of carbonyl (C=O) groups is 2. The van der Waals surface area contributed by atoms with Crippen molar-refractivity contribution in [2.45, 2.75) is 26.2 Å². The number of piperidine rings is 1. The molecule has 2 amide bonds. The Morgan fingerprint density at radius 1 is 1.12 bits per heavy atom. The Hall–Kier alpha value is -3.06. The van der Waals surface area contributed by atoms with E-state index in [1.165, 1.54) is 17.7 Å². The van der Waals surface area contributed by atoms with Crippen molar-refractivity contribution in [1.29, 1.82) is 0 Å². The normalized spacial score (nSPS) is 18.4. The van der Waals surface area contributed by atoms with Crippen LogP contribution in [0.1, 0.15) is 33.0 Å². The second-order valence-electron chi connectivity index (χ2n) is 8.68. The molecule has 0 unspecified atom stereocenters. The number of likely N-dealkylation sites (tertiary alicyclic amines) is 1. The van der Waals surface area contributed by atoms with E-state index in [1.807, 2.05) is 42.2 Å². The standard InChI is InChI=1S/C25H28N4O2S/c1-18-9-10-22(32-18)23(30)29-12-6-11-25(16-29,24(31)28(2)3)13-19-7-4-5-8-21(19)20-14-26-17-27-15-20/h4-5,7-10,14-15,17H,6,11-13,16H2,1-3H3/t25-/m1/s1. The van der Waals surface area contributed by atoms with Gasteiger partial charge < -0.3 is 9.80 Å². The third-order valence-corrected chi connectivity index (χ3v) is 7.08. The summed E-state index contributed by atoms with van der Waals surface area (Å²) < 4.78 is 0. The zero-order valence-corrected chi connectivity index (χ0v) is 19.6. The van der Waals surface area contributed by atoms with E-state index in [4.69, 9.17) is 0 Å². The molecule has 0 radical (unpaired) electrons. The number of aryl methyl sites for hydroxylation is 1. The number of nitrogens with zero attached hydrogens (tertiary/aromatic N) is 4. The van der Waals surface area contributed by atoms with Gasteiger partial charge in [0.15, 0.2) is 0 Å². The first-order valence-electron chi connectivity index (χ1n) is 10.8. The molecule has 1 aromatic carbocycles. The average molecular weight is 449 g/mol. The van der Waals surface area contributed by atoms with Crippen molar-refractivity contribution < 1.29 is 9.59 Å². The van der Waals surface area contributed by atoms with Crippen molar-refractivity contribution in [3.8, 4) is 11.1 Å². The number of thiophene rings is 1. The Labute approximate surface area is 192 Å². The van der Waals surface area contributed by atoms with Crippen LogP contribution in [0.5, 0.6) is 0 Å². The molecule has 7 heteroatoms. The van der Waals surface area contributed by atoms with Crippen LogP contribution in [0.3, 0.4) is 0 Å². The Balaban J connectivity index is 1.69. The second-order valence-corrected chi connectivity index (χ2v) is 9.97. The first-order chi connectivity index (χ1) is 15.4. The maximum absolute atomic E-state index is 13.5. The summed E-state index contributed by atoms with van der Waals surface area (Å²) in [5.41, 5.74) is 2.35. The molecular formula is C25H28N4O2S. The number of benzene rings is 1. The van der Waals surface area contributed by atoms with E-state index in [0.717, 1.165) is 39.3 Å². The quantitative estimate of drug-likeness (QED) is 0.590. The largest absolute Gasteiger partial charge is 0.348 e. The van der Waals surface area contributed by atoms with Gasteiger partial charge in [0.05, 0.1) is 10.3 Å². The molecule has 0 aliphatic carbocycles. The van der Waals surface area contributed by atoms with Crippen molar-refractivity contribution in [3.05, 3.63) is 70.4 Å². The minimum atomic E-state index is -0.671. The van der Waals surface area contributed by atoms with Gasteiger partial charge in [-0.15, -0.1) is 11.3 Å². The maximum Gasteiger partial charge on any atom is 0.263 e. The molecule has 0 bridgehead atoms. The lowest BCUT2D eigenvalue weighted by molar-refractivity contribution is -0.142. The van der Waals surface area contributed by atoms with Crippen LogP contribution < -0.4 is 0 Å². The number of aromatic nitrogens is 2. The summed E-state index contributed by atoms with van der Waals surface area (Å²) >= 11 is 1.51. The third kappa shape index (κ3) is 4.43. The van der Waals surface area contributed by atoms with Crippen LogP contribution >= 0.6 is 11.3 Å². The average Bonchev–Trinajstić information content (AvgIpc) is 3.25. The van der Waals surface area contributed by atoms with E-state index < -0.39 is 5.41 Å². The highest BCUT2D eigenvalue weighted by Gasteiger charge is 2.45. The van der Waals surface area contributed by atoms with Crippen LogP contribution in [0, 0.1) is 12.3 Å². The molecule has 4 rings (SSSR count). The summed E-state index contributed by atoms with van der Waals surface area (Å²) in [5, 5.41) is 0. The fourth-order valence-electron chi connectivity index (χ4n) is 4.64. The van der Waals surface area contributed by atoms with Gasteiger partial charge in [-0.3, -0.25) is 9.59 Å². The Bertz CT molecular complexity index is 1110. The molecule has 1 aliphatic rings. The predicted octanol–water partition coefficient (Wildman–Crippen LogP) is 4.07. The van der Waals surface area contributed by atoms with E-state index in [2.05, 4.69) is 16.0 Å². The smallest absolute Gasteiger partial charge is 0.263 e. The van der Waals surface area contributed by atoms with E-state index >= 15 is 0 Å². The van der Waals surface area contributed by atoms with E-state index in [-0.39, 0.29) is 11.8 Å². The summed E-state index contributed by atoms with van der Waals surface area (Å²) in [4.78, 5) is 40.5. The molecule has 166 valence electrons. The summed E-state index contributed by atoms with van der Waals surface area (Å²) in [7, 11) is 3.59. The summed E-state index contributed by atoms with van der Waals surface area (Å²) in [5.74, 6) is 0.0833. The van der Waals surface area contributed by atoms with Crippen molar-refractivity contribution in [1.82, 2.24) is 19.8 Å². The highest BCUT2D eigenvalue weighted by molar-refractivity contribution is 7.13. The molecule has 2 aromatic heterocycles. The molecule has 32 heavy (non-hydrogen) atoms. The van der Waals surface area contributed by atoms with Gasteiger partial charge >= 0.3 is 0 Å². The lowest BCUT2D eigenvalue weighted by atomic mass is 9.73. The lowest BCUT2D eigenvalue weighted by Crippen LogP contribution is -2.54. The zero-order chi connectivity index (χ0) is 22.7. The van der Waals surface area contributed by atoms with Gasteiger partial charge in [-0.1, -0.05) is 24.3 Å². The molecule has 1 atom stereocenters.